The van der Waals surface area contributed by atoms with E-state index in [9.17, 15) is 9.18 Å². The maximum atomic E-state index is 13.7. The Morgan fingerprint density at radius 2 is 2.07 bits per heavy atom. The van der Waals surface area contributed by atoms with Crippen LogP contribution in [0.1, 0.15) is 23.0 Å². The quantitative estimate of drug-likeness (QED) is 0.561. The van der Waals surface area contributed by atoms with Crippen molar-refractivity contribution in [3.63, 3.8) is 0 Å². The summed E-state index contributed by atoms with van der Waals surface area (Å²) in [5, 5.41) is 2.84. The zero-order valence-corrected chi connectivity index (χ0v) is 16.5. The van der Waals surface area contributed by atoms with E-state index in [1.807, 2.05) is 6.92 Å². The molecule has 3 rings (SSSR count). The highest BCUT2D eigenvalue weighted by Gasteiger charge is 2.16. The first-order chi connectivity index (χ1) is 13.0. The molecule has 0 saturated carbocycles. The van der Waals surface area contributed by atoms with Crippen LogP contribution in [0.15, 0.2) is 47.8 Å². The minimum absolute atomic E-state index is 0.113. The number of thiazole rings is 1. The average Bonchev–Trinajstić information content (AvgIpc) is 3.16. The predicted octanol–water partition coefficient (Wildman–Crippen LogP) is 5.27. The summed E-state index contributed by atoms with van der Waals surface area (Å²) in [6.07, 6.45) is 0. The molecule has 0 aliphatic heterocycles. The summed E-state index contributed by atoms with van der Waals surface area (Å²) in [6, 6.07) is 11.7. The number of amides is 1. The van der Waals surface area contributed by atoms with Crippen LogP contribution >= 0.6 is 22.9 Å². The minimum Gasteiger partial charge on any atom is -0.489 e. The largest absolute Gasteiger partial charge is 0.489 e. The van der Waals surface area contributed by atoms with Crippen LogP contribution in [0.25, 0.3) is 10.6 Å². The van der Waals surface area contributed by atoms with Crippen LogP contribution in [-0.2, 0) is 6.61 Å². The third-order valence-corrected chi connectivity index (χ3v) is 5.26. The van der Waals surface area contributed by atoms with Gasteiger partial charge in [-0.25, -0.2) is 9.37 Å². The van der Waals surface area contributed by atoms with Gasteiger partial charge in [0.15, 0.2) is 0 Å². The molecule has 7 heteroatoms. The molecule has 0 saturated heterocycles. The molecule has 0 spiro atoms. The Hall–Kier alpha value is -2.44. The van der Waals surface area contributed by atoms with Gasteiger partial charge < -0.3 is 9.64 Å². The molecule has 0 atom stereocenters. The normalized spacial score (nSPS) is 10.7. The molecule has 27 heavy (non-hydrogen) atoms. The summed E-state index contributed by atoms with van der Waals surface area (Å²) in [4.78, 5) is 18.2. The van der Waals surface area contributed by atoms with E-state index in [0.29, 0.717) is 33.6 Å². The van der Waals surface area contributed by atoms with Crippen LogP contribution in [0.4, 0.5) is 4.39 Å². The van der Waals surface area contributed by atoms with E-state index in [2.05, 4.69) is 4.98 Å². The summed E-state index contributed by atoms with van der Waals surface area (Å²) >= 11 is 7.73. The molecule has 0 aliphatic carbocycles. The Labute approximate surface area is 166 Å². The minimum atomic E-state index is -0.308. The predicted molar refractivity (Wildman–Crippen MR) is 106 cm³/mol. The first-order valence-corrected chi connectivity index (χ1v) is 9.62. The van der Waals surface area contributed by atoms with Gasteiger partial charge in [-0.15, -0.1) is 11.3 Å². The number of carbonyl (C=O) groups excluding carboxylic acids is 1. The molecule has 0 aliphatic rings. The van der Waals surface area contributed by atoms with Gasteiger partial charge in [-0.05, 0) is 31.2 Å². The molecule has 1 heterocycles. The standard InChI is InChI=1S/C20H18ClFN2O2S/c1-3-24(2)20(25)18-12-27-19(23-18)15-9-8-14(10-16(15)21)26-11-13-6-4-5-7-17(13)22/h4-10,12H,3,11H2,1-2H3. The van der Waals surface area contributed by atoms with E-state index in [1.54, 1.807) is 53.7 Å². The molecule has 0 N–H and O–H groups in total. The Morgan fingerprint density at radius 1 is 1.30 bits per heavy atom. The van der Waals surface area contributed by atoms with Crippen LogP contribution < -0.4 is 4.74 Å². The number of benzene rings is 2. The van der Waals surface area contributed by atoms with Crippen molar-refractivity contribution in [1.82, 2.24) is 9.88 Å². The maximum Gasteiger partial charge on any atom is 0.273 e. The van der Waals surface area contributed by atoms with Gasteiger partial charge in [0.1, 0.15) is 28.9 Å². The van der Waals surface area contributed by atoms with Crippen LogP contribution in [-0.4, -0.2) is 29.4 Å². The molecule has 140 valence electrons. The van der Waals surface area contributed by atoms with Crippen LogP contribution in [0.3, 0.4) is 0 Å². The van der Waals surface area contributed by atoms with E-state index >= 15 is 0 Å². The van der Waals surface area contributed by atoms with Crippen molar-refractivity contribution in [2.45, 2.75) is 13.5 Å². The topological polar surface area (TPSA) is 42.4 Å². The Balaban J connectivity index is 1.74. The van der Waals surface area contributed by atoms with E-state index in [4.69, 9.17) is 16.3 Å². The Bertz CT molecular complexity index is 961. The lowest BCUT2D eigenvalue weighted by Crippen LogP contribution is -2.26. The summed E-state index contributed by atoms with van der Waals surface area (Å²) in [7, 11) is 1.73. The average molecular weight is 405 g/mol. The van der Waals surface area contributed by atoms with Gasteiger partial charge >= 0.3 is 0 Å². The second-order valence-electron chi connectivity index (χ2n) is 5.88. The van der Waals surface area contributed by atoms with Gasteiger partial charge in [-0.2, -0.15) is 0 Å². The number of carbonyl (C=O) groups is 1. The molecule has 1 amide bonds. The number of halogens is 2. The summed E-state index contributed by atoms with van der Waals surface area (Å²) in [6.45, 7) is 2.63. The van der Waals surface area contributed by atoms with E-state index in [0.717, 1.165) is 5.56 Å². The Morgan fingerprint density at radius 3 is 2.78 bits per heavy atom. The van der Waals surface area contributed by atoms with E-state index in [1.165, 1.54) is 17.4 Å². The van der Waals surface area contributed by atoms with Gasteiger partial charge in [0.05, 0.1) is 5.02 Å². The first kappa shape index (κ1) is 19.3. The zero-order chi connectivity index (χ0) is 19.4. The summed E-state index contributed by atoms with van der Waals surface area (Å²) in [5.41, 5.74) is 1.59. The van der Waals surface area contributed by atoms with Crippen molar-refractivity contribution in [2.75, 3.05) is 13.6 Å². The zero-order valence-electron chi connectivity index (χ0n) is 14.9. The van der Waals surface area contributed by atoms with Gasteiger partial charge in [0.2, 0.25) is 0 Å². The number of hydrogen-bond donors (Lipinski definition) is 0. The van der Waals surface area contributed by atoms with Gasteiger partial charge in [-0.1, -0.05) is 29.8 Å². The monoisotopic (exact) mass is 404 g/mol. The van der Waals surface area contributed by atoms with Crippen molar-refractivity contribution < 1.29 is 13.9 Å². The SMILES string of the molecule is CCN(C)C(=O)c1csc(-c2ccc(OCc3ccccc3F)cc2Cl)n1. The molecule has 4 nitrogen and oxygen atoms in total. The van der Waals surface area contributed by atoms with Crippen LogP contribution in [0.5, 0.6) is 5.75 Å². The molecular formula is C20H18ClFN2O2S. The fraction of sp³-hybridized carbons (Fsp3) is 0.200. The van der Waals surface area contributed by atoms with E-state index in [-0.39, 0.29) is 18.3 Å². The highest BCUT2D eigenvalue weighted by Crippen LogP contribution is 2.33. The Kier molecular flexibility index (Phi) is 6.08. The summed E-state index contributed by atoms with van der Waals surface area (Å²) in [5.74, 6) is 0.101. The third-order valence-electron chi connectivity index (χ3n) is 4.07. The lowest BCUT2D eigenvalue weighted by Gasteiger charge is -2.12. The highest BCUT2D eigenvalue weighted by atomic mass is 35.5. The number of nitrogens with zero attached hydrogens (tertiary/aromatic N) is 2. The maximum absolute atomic E-state index is 13.7. The molecule has 0 unspecified atom stereocenters. The van der Waals surface area contributed by atoms with Crippen LogP contribution in [0, 0.1) is 5.82 Å². The van der Waals surface area contributed by atoms with Crippen molar-refractivity contribution in [3.05, 3.63) is 69.9 Å². The summed E-state index contributed by atoms with van der Waals surface area (Å²) < 4.78 is 19.3. The molecule has 0 bridgehead atoms. The molecule has 0 fully saturated rings. The fourth-order valence-electron chi connectivity index (χ4n) is 2.37. The van der Waals surface area contributed by atoms with Gasteiger partial charge in [0, 0.05) is 30.1 Å². The number of rotatable bonds is 6. The smallest absolute Gasteiger partial charge is 0.273 e. The molecule has 1 aromatic heterocycles. The first-order valence-electron chi connectivity index (χ1n) is 8.36. The number of aromatic nitrogens is 1. The molecule has 0 radical (unpaired) electrons. The fourth-order valence-corrected chi connectivity index (χ4v) is 3.52. The van der Waals surface area contributed by atoms with Gasteiger partial charge in [0.25, 0.3) is 5.91 Å². The molecular weight excluding hydrogens is 387 g/mol. The third kappa shape index (κ3) is 4.46. The second-order valence-corrected chi connectivity index (χ2v) is 7.14. The lowest BCUT2D eigenvalue weighted by atomic mass is 10.2. The number of hydrogen-bond acceptors (Lipinski definition) is 4. The van der Waals surface area contributed by atoms with Crippen LogP contribution in [0.2, 0.25) is 5.02 Å². The number of ether oxygens (including phenoxy) is 1. The van der Waals surface area contributed by atoms with E-state index < -0.39 is 0 Å². The highest BCUT2D eigenvalue weighted by molar-refractivity contribution is 7.13. The van der Waals surface area contributed by atoms with Crippen molar-refractivity contribution in [3.8, 4) is 16.3 Å². The molecule has 2 aromatic carbocycles. The van der Waals surface area contributed by atoms with Crippen molar-refractivity contribution in [2.24, 2.45) is 0 Å². The van der Waals surface area contributed by atoms with Crippen molar-refractivity contribution in [1.29, 1.82) is 0 Å². The molecule has 3 aromatic rings. The second kappa shape index (κ2) is 8.50. The lowest BCUT2D eigenvalue weighted by molar-refractivity contribution is 0.0797. The van der Waals surface area contributed by atoms with Crippen molar-refractivity contribution >= 4 is 28.8 Å². The van der Waals surface area contributed by atoms with Gasteiger partial charge in [-0.3, -0.25) is 4.79 Å².